The molecule has 0 N–H and O–H groups in total. The Labute approximate surface area is 136 Å². The van der Waals surface area contributed by atoms with Crippen molar-refractivity contribution in [2.45, 2.75) is 60.3 Å². The SMILES string of the molecule is CCC1(C)CCCC(C)=C1/C=C/C(C)=C/C=C/C(C)=C/C=O. The van der Waals surface area contributed by atoms with Crippen LogP contribution in [0.15, 0.2) is 58.7 Å². The summed E-state index contributed by atoms with van der Waals surface area (Å²) in [6.07, 6.45) is 18.0. The zero-order valence-corrected chi connectivity index (χ0v) is 14.8. The fourth-order valence-electron chi connectivity index (χ4n) is 3.02. The summed E-state index contributed by atoms with van der Waals surface area (Å²) < 4.78 is 0. The van der Waals surface area contributed by atoms with Crippen molar-refractivity contribution >= 4 is 6.29 Å². The minimum absolute atomic E-state index is 0.332. The largest absolute Gasteiger partial charge is 0.299 e. The lowest BCUT2D eigenvalue weighted by molar-refractivity contribution is -0.104. The topological polar surface area (TPSA) is 17.1 Å². The van der Waals surface area contributed by atoms with Crippen molar-refractivity contribution in [2.24, 2.45) is 5.41 Å². The molecular weight excluding hydrogens is 268 g/mol. The summed E-state index contributed by atoms with van der Waals surface area (Å²) in [7, 11) is 0. The Bertz CT molecular complexity index is 540. The van der Waals surface area contributed by atoms with Crippen molar-refractivity contribution < 1.29 is 4.79 Å². The third-order valence-corrected chi connectivity index (χ3v) is 4.73. The Morgan fingerprint density at radius 2 is 1.86 bits per heavy atom. The van der Waals surface area contributed by atoms with Crippen LogP contribution in [0.3, 0.4) is 0 Å². The molecule has 0 saturated heterocycles. The second-order valence-electron chi connectivity index (χ2n) is 6.61. The molecule has 0 spiro atoms. The van der Waals surface area contributed by atoms with E-state index in [1.807, 2.05) is 19.1 Å². The second-order valence-corrected chi connectivity index (χ2v) is 6.61. The minimum atomic E-state index is 0.332. The maximum absolute atomic E-state index is 10.4. The van der Waals surface area contributed by atoms with E-state index in [0.29, 0.717) is 5.41 Å². The number of hydrogen-bond donors (Lipinski definition) is 0. The Morgan fingerprint density at radius 3 is 2.50 bits per heavy atom. The smallest absolute Gasteiger partial charge is 0.143 e. The molecule has 0 aromatic carbocycles. The van der Waals surface area contributed by atoms with E-state index in [-0.39, 0.29) is 0 Å². The van der Waals surface area contributed by atoms with E-state index in [2.05, 4.69) is 45.9 Å². The number of aldehydes is 1. The normalized spacial score (nSPS) is 24.6. The van der Waals surface area contributed by atoms with E-state index in [1.165, 1.54) is 36.8 Å². The van der Waals surface area contributed by atoms with Gasteiger partial charge in [0.05, 0.1) is 0 Å². The maximum atomic E-state index is 10.4. The zero-order valence-electron chi connectivity index (χ0n) is 14.8. The van der Waals surface area contributed by atoms with Crippen LogP contribution in [0.2, 0.25) is 0 Å². The van der Waals surface area contributed by atoms with Gasteiger partial charge >= 0.3 is 0 Å². The van der Waals surface area contributed by atoms with Crippen LogP contribution in [0.1, 0.15) is 60.3 Å². The standard InChI is InChI=1S/C21H30O/c1-6-21(5)15-8-11-19(4)20(21)13-12-17(2)9-7-10-18(3)14-16-22/h7,9-10,12-14,16H,6,8,11,15H2,1-5H3/b10-7+,13-12+,17-9+,18-14+. The third kappa shape index (κ3) is 5.29. The van der Waals surface area contributed by atoms with Crippen molar-refractivity contribution in [1.29, 1.82) is 0 Å². The van der Waals surface area contributed by atoms with Gasteiger partial charge in [-0.25, -0.2) is 0 Å². The van der Waals surface area contributed by atoms with Gasteiger partial charge in [0.1, 0.15) is 6.29 Å². The van der Waals surface area contributed by atoms with Gasteiger partial charge in [0.25, 0.3) is 0 Å². The average molecular weight is 298 g/mol. The molecule has 1 aliphatic carbocycles. The second kappa shape index (κ2) is 8.73. The van der Waals surface area contributed by atoms with Crippen LogP contribution in [0, 0.1) is 5.41 Å². The van der Waals surface area contributed by atoms with E-state index >= 15 is 0 Å². The monoisotopic (exact) mass is 298 g/mol. The molecule has 0 saturated carbocycles. The first kappa shape index (κ1) is 18.4. The van der Waals surface area contributed by atoms with E-state index in [0.717, 1.165) is 11.9 Å². The van der Waals surface area contributed by atoms with Crippen LogP contribution in [0.4, 0.5) is 0 Å². The van der Waals surface area contributed by atoms with Crippen molar-refractivity contribution in [2.75, 3.05) is 0 Å². The predicted octanol–water partition coefficient (Wildman–Crippen LogP) is 6.11. The fraction of sp³-hybridized carbons (Fsp3) is 0.476. The molecule has 22 heavy (non-hydrogen) atoms. The molecular formula is C21H30O. The highest BCUT2D eigenvalue weighted by atomic mass is 16.1. The van der Waals surface area contributed by atoms with Gasteiger partial charge in [-0.05, 0) is 69.1 Å². The zero-order chi connectivity index (χ0) is 16.6. The third-order valence-electron chi connectivity index (χ3n) is 4.73. The summed E-state index contributed by atoms with van der Waals surface area (Å²) in [6, 6.07) is 0. The van der Waals surface area contributed by atoms with Crippen molar-refractivity contribution in [3.05, 3.63) is 58.7 Å². The van der Waals surface area contributed by atoms with Gasteiger partial charge in [-0.3, -0.25) is 4.79 Å². The van der Waals surface area contributed by atoms with E-state index in [4.69, 9.17) is 0 Å². The van der Waals surface area contributed by atoms with Gasteiger partial charge in [-0.2, -0.15) is 0 Å². The van der Waals surface area contributed by atoms with Crippen molar-refractivity contribution in [3.8, 4) is 0 Å². The van der Waals surface area contributed by atoms with E-state index in [1.54, 1.807) is 11.6 Å². The summed E-state index contributed by atoms with van der Waals surface area (Å²) in [5.74, 6) is 0. The molecule has 1 heteroatoms. The highest BCUT2D eigenvalue weighted by Gasteiger charge is 2.29. The van der Waals surface area contributed by atoms with Crippen molar-refractivity contribution in [3.63, 3.8) is 0 Å². The van der Waals surface area contributed by atoms with Crippen LogP contribution in [0.5, 0.6) is 0 Å². The van der Waals surface area contributed by atoms with Crippen LogP contribution >= 0.6 is 0 Å². The van der Waals surface area contributed by atoms with Gasteiger partial charge in [0.2, 0.25) is 0 Å². The summed E-state index contributed by atoms with van der Waals surface area (Å²) in [5.41, 5.74) is 5.58. The maximum Gasteiger partial charge on any atom is 0.143 e. The van der Waals surface area contributed by atoms with Crippen LogP contribution in [-0.2, 0) is 4.79 Å². The molecule has 0 heterocycles. The number of carbonyl (C=O) groups excluding carboxylic acids is 1. The lowest BCUT2D eigenvalue weighted by atomic mass is 9.69. The van der Waals surface area contributed by atoms with Crippen molar-refractivity contribution in [1.82, 2.24) is 0 Å². The molecule has 0 aromatic heterocycles. The fourth-order valence-corrected chi connectivity index (χ4v) is 3.02. The van der Waals surface area contributed by atoms with Gasteiger partial charge in [0.15, 0.2) is 0 Å². The summed E-state index contributed by atoms with van der Waals surface area (Å²) in [4.78, 5) is 10.4. The number of allylic oxidation sites excluding steroid dienone is 10. The van der Waals surface area contributed by atoms with Gasteiger partial charge in [-0.1, -0.05) is 55.4 Å². The van der Waals surface area contributed by atoms with Crippen LogP contribution in [-0.4, -0.2) is 6.29 Å². The highest BCUT2D eigenvalue weighted by molar-refractivity contribution is 5.66. The molecule has 1 aliphatic rings. The molecule has 1 unspecified atom stereocenters. The molecule has 0 radical (unpaired) electrons. The molecule has 0 aliphatic heterocycles. The summed E-state index contributed by atoms with van der Waals surface area (Å²) in [6.45, 7) is 11.0. The van der Waals surface area contributed by atoms with Crippen LogP contribution < -0.4 is 0 Å². The minimum Gasteiger partial charge on any atom is -0.299 e. The first-order valence-corrected chi connectivity index (χ1v) is 8.28. The average Bonchev–Trinajstić information content (AvgIpc) is 2.47. The molecule has 0 bridgehead atoms. The first-order chi connectivity index (χ1) is 10.4. The summed E-state index contributed by atoms with van der Waals surface area (Å²) >= 11 is 0. The molecule has 1 atom stereocenters. The molecule has 0 aromatic rings. The van der Waals surface area contributed by atoms with Gasteiger partial charge < -0.3 is 0 Å². The Balaban J connectivity index is 2.86. The Morgan fingerprint density at radius 1 is 1.18 bits per heavy atom. The number of carbonyl (C=O) groups is 1. The molecule has 0 fully saturated rings. The molecule has 120 valence electrons. The first-order valence-electron chi connectivity index (χ1n) is 8.28. The summed E-state index contributed by atoms with van der Waals surface area (Å²) in [5, 5.41) is 0. The Kier molecular flexibility index (Phi) is 7.31. The lowest BCUT2D eigenvalue weighted by Crippen LogP contribution is -2.22. The molecule has 1 nitrogen and oxygen atoms in total. The van der Waals surface area contributed by atoms with Crippen LogP contribution in [0.25, 0.3) is 0 Å². The molecule has 1 rings (SSSR count). The number of hydrogen-bond acceptors (Lipinski definition) is 1. The lowest BCUT2D eigenvalue weighted by Gasteiger charge is -2.35. The molecule has 0 amide bonds. The Hall–Kier alpha value is -1.63. The van der Waals surface area contributed by atoms with Gasteiger partial charge in [0, 0.05) is 0 Å². The number of rotatable bonds is 6. The van der Waals surface area contributed by atoms with E-state index < -0.39 is 0 Å². The highest BCUT2D eigenvalue weighted by Crippen LogP contribution is 2.43. The van der Waals surface area contributed by atoms with Gasteiger partial charge in [-0.15, -0.1) is 0 Å². The van der Waals surface area contributed by atoms with E-state index in [9.17, 15) is 4.79 Å². The quantitative estimate of drug-likeness (QED) is 0.328. The predicted molar refractivity (Wildman–Crippen MR) is 96.8 cm³/mol.